The zero-order valence-corrected chi connectivity index (χ0v) is 15.4. The summed E-state index contributed by atoms with van der Waals surface area (Å²) in [7, 11) is 0. The van der Waals surface area contributed by atoms with Gasteiger partial charge in [-0.05, 0) is 24.8 Å². The predicted octanol–water partition coefficient (Wildman–Crippen LogP) is 3.09. The Balaban J connectivity index is 1.64. The largest absolute Gasteiger partial charge is 0.396 e. The lowest BCUT2D eigenvalue weighted by molar-refractivity contribution is 0.0938. The van der Waals surface area contributed by atoms with Crippen molar-refractivity contribution >= 4 is 17.2 Å². The summed E-state index contributed by atoms with van der Waals surface area (Å²) in [6.45, 7) is 2.24. The average molecular weight is 367 g/mol. The second-order valence-corrected chi connectivity index (χ2v) is 7.13. The summed E-state index contributed by atoms with van der Waals surface area (Å²) in [6, 6.07) is 13.7. The van der Waals surface area contributed by atoms with Gasteiger partial charge in [-0.25, -0.2) is 9.97 Å². The van der Waals surface area contributed by atoms with E-state index in [4.69, 9.17) is 0 Å². The summed E-state index contributed by atoms with van der Waals surface area (Å²) in [6.07, 6.45) is 2.31. The Morgan fingerprint density at radius 1 is 1.23 bits per heavy atom. The molecule has 26 heavy (non-hydrogen) atoms. The van der Waals surface area contributed by atoms with Crippen LogP contribution in [0.1, 0.15) is 20.9 Å². The van der Waals surface area contributed by atoms with E-state index in [0.717, 1.165) is 12.0 Å². The van der Waals surface area contributed by atoms with Crippen LogP contribution in [-0.2, 0) is 6.42 Å². The molecule has 2 aromatic heterocycles. The smallest absolute Gasteiger partial charge is 0.254 e. The van der Waals surface area contributed by atoms with Crippen LogP contribution in [0.15, 0.2) is 54.0 Å². The van der Waals surface area contributed by atoms with Crippen LogP contribution >= 0.6 is 11.3 Å². The molecule has 5 nitrogen and oxygen atoms in total. The number of hydrogen-bond acceptors (Lipinski definition) is 5. The summed E-state index contributed by atoms with van der Waals surface area (Å²) >= 11 is 1.66. The third kappa shape index (κ3) is 4.53. The predicted molar refractivity (Wildman–Crippen MR) is 103 cm³/mol. The Kier molecular flexibility index (Phi) is 6.09. The van der Waals surface area contributed by atoms with Gasteiger partial charge in [0.2, 0.25) is 0 Å². The molecule has 1 aromatic carbocycles. The van der Waals surface area contributed by atoms with Crippen LogP contribution < -0.4 is 5.32 Å². The molecule has 0 saturated carbocycles. The molecule has 0 fully saturated rings. The lowest BCUT2D eigenvalue weighted by Gasteiger charge is -2.15. The summed E-state index contributed by atoms with van der Waals surface area (Å²) < 4.78 is 0. The number of thiophene rings is 1. The van der Waals surface area contributed by atoms with Crippen LogP contribution in [0, 0.1) is 12.8 Å². The van der Waals surface area contributed by atoms with Gasteiger partial charge in [0.15, 0.2) is 5.82 Å². The Labute approximate surface area is 156 Å². The van der Waals surface area contributed by atoms with Crippen molar-refractivity contribution in [3.8, 4) is 11.4 Å². The first-order valence-corrected chi connectivity index (χ1v) is 9.36. The third-order valence-corrected chi connectivity index (χ3v) is 5.03. The number of carbonyl (C=O) groups is 1. The summed E-state index contributed by atoms with van der Waals surface area (Å²) in [4.78, 5) is 22.4. The molecule has 2 N–H and O–H groups in total. The zero-order valence-electron chi connectivity index (χ0n) is 14.6. The third-order valence-electron chi connectivity index (χ3n) is 4.14. The van der Waals surface area contributed by atoms with Gasteiger partial charge in [0, 0.05) is 35.7 Å². The van der Waals surface area contributed by atoms with Crippen molar-refractivity contribution in [1.82, 2.24) is 15.3 Å². The average Bonchev–Trinajstić information content (AvgIpc) is 3.18. The first-order chi connectivity index (χ1) is 12.7. The van der Waals surface area contributed by atoms with Gasteiger partial charge >= 0.3 is 0 Å². The number of nitrogens with zero attached hydrogens (tertiary/aromatic N) is 2. The number of aliphatic hydroxyl groups excluding tert-OH is 1. The highest BCUT2D eigenvalue weighted by atomic mass is 32.1. The minimum atomic E-state index is -0.216. The molecule has 3 rings (SSSR count). The van der Waals surface area contributed by atoms with Crippen molar-refractivity contribution < 1.29 is 9.90 Å². The molecule has 0 unspecified atom stereocenters. The number of hydrogen-bond donors (Lipinski definition) is 2. The van der Waals surface area contributed by atoms with E-state index in [0.29, 0.717) is 23.6 Å². The molecule has 1 amide bonds. The molecule has 6 heteroatoms. The summed E-state index contributed by atoms with van der Waals surface area (Å²) in [5, 5.41) is 14.5. The molecule has 0 aliphatic heterocycles. The Hall–Kier alpha value is -2.57. The molecular formula is C20H21N3O2S. The molecule has 0 spiro atoms. The number of benzene rings is 1. The maximum atomic E-state index is 12.5. The van der Waals surface area contributed by atoms with Gasteiger partial charge < -0.3 is 10.4 Å². The quantitative estimate of drug-likeness (QED) is 0.673. The highest BCUT2D eigenvalue weighted by Crippen LogP contribution is 2.16. The standard InChI is InChI=1S/C20H21N3O2S/c1-14-18(12-21-19(23-14)16-6-3-2-4-7-16)20(25)22-11-15(13-24)10-17-8-5-9-26-17/h2-9,12,15,24H,10-11,13H2,1H3,(H,22,25)/t15-/m0/s1. The lowest BCUT2D eigenvalue weighted by atomic mass is 10.1. The van der Waals surface area contributed by atoms with E-state index in [2.05, 4.69) is 15.3 Å². The number of aryl methyl sites for hydroxylation is 1. The molecule has 1 atom stereocenters. The minimum Gasteiger partial charge on any atom is -0.396 e. The van der Waals surface area contributed by atoms with Gasteiger partial charge in [0.05, 0.1) is 11.3 Å². The number of aliphatic hydroxyl groups is 1. The monoisotopic (exact) mass is 367 g/mol. The molecule has 3 aromatic rings. The topological polar surface area (TPSA) is 75.1 Å². The number of amides is 1. The van der Waals surface area contributed by atoms with Gasteiger partial charge in [-0.15, -0.1) is 11.3 Å². The molecule has 0 aliphatic carbocycles. The SMILES string of the molecule is Cc1nc(-c2ccccc2)ncc1C(=O)NC[C@@H](CO)Cc1cccs1. The molecule has 0 saturated heterocycles. The number of carbonyl (C=O) groups excluding carboxylic acids is 1. The van der Waals surface area contributed by atoms with Gasteiger partial charge in [-0.1, -0.05) is 36.4 Å². The molecular weight excluding hydrogens is 346 g/mol. The summed E-state index contributed by atoms with van der Waals surface area (Å²) in [5.74, 6) is 0.375. The Bertz CT molecular complexity index is 851. The Morgan fingerprint density at radius 2 is 2.04 bits per heavy atom. The van der Waals surface area contributed by atoms with Crippen molar-refractivity contribution in [3.63, 3.8) is 0 Å². The highest BCUT2D eigenvalue weighted by Gasteiger charge is 2.15. The number of nitrogens with one attached hydrogen (secondary N) is 1. The molecule has 0 radical (unpaired) electrons. The first kappa shape index (κ1) is 18.2. The van der Waals surface area contributed by atoms with Crippen molar-refractivity contribution in [3.05, 3.63) is 70.2 Å². The fourth-order valence-corrected chi connectivity index (χ4v) is 3.48. The van der Waals surface area contributed by atoms with Gasteiger partial charge in [0.1, 0.15) is 0 Å². The van der Waals surface area contributed by atoms with Gasteiger partial charge in [-0.3, -0.25) is 4.79 Å². The normalized spacial score (nSPS) is 11.9. The van der Waals surface area contributed by atoms with Crippen molar-refractivity contribution in [2.24, 2.45) is 5.92 Å². The van der Waals surface area contributed by atoms with Crippen molar-refractivity contribution in [2.75, 3.05) is 13.2 Å². The second kappa shape index (κ2) is 8.69. The maximum Gasteiger partial charge on any atom is 0.254 e. The van der Waals surface area contributed by atoms with Crippen LogP contribution in [0.3, 0.4) is 0 Å². The second-order valence-electron chi connectivity index (χ2n) is 6.10. The molecule has 134 valence electrons. The summed E-state index contributed by atoms with van der Waals surface area (Å²) in [5.41, 5.74) is 2.01. The van der Waals surface area contributed by atoms with E-state index < -0.39 is 0 Å². The van der Waals surface area contributed by atoms with Crippen LogP contribution in [0.4, 0.5) is 0 Å². The van der Waals surface area contributed by atoms with Crippen molar-refractivity contribution in [2.45, 2.75) is 13.3 Å². The van der Waals surface area contributed by atoms with Crippen LogP contribution in [-0.4, -0.2) is 34.1 Å². The van der Waals surface area contributed by atoms with Crippen molar-refractivity contribution in [1.29, 1.82) is 0 Å². The molecule has 0 aliphatic rings. The van der Waals surface area contributed by atoms with Crippen LogP contribution in [0.5, 0.6) is 0 Å². The van der Waals surface area contributed by atoms with Crippen LogP contribution in [0.2, 0.25) is 0 Å². The van der Waals surface area contributed by atoms with E-state index in [1.165, 1.54) is 4.88 Å². The fraction of sp³-hybridized carbons (Fsp3) is 0.250. The van der Waals surface area contributed by atoms with E-state index in [1.54, 1.807) is 24.5 Å². The fourth-order valence-electron chi connectivity index (χ4n) is 2.66. The molecule has 2 heterocycles. The zero-order chi connectivity index (χ0) is 18.4. The van der Waals surface area contributed by atoms with E-state index in [-0.39, 0.29) is 18.4 Å². The van der Waals surface area contributed by atoms with E-state index >= 15 is 0 Å². The maximum absolute atomic E-state index is 12.5. The Morgan fingerprint density at radius 3 is 2.69 bits per heavy atom. The first-order valence-electron chi connectivity index (χ1n) is 8.48. The number of rotatable bonds is 7. The highest BCUT2D eigenvalue weighted by molar-refractivity contribution is 7.09. The van der Waals surface area contributed by atoms with Gasteiger partial charge in [-0.2, -0.15) is 0 Å². The van der Waals surface area contributed by atoms with Crippen LogP contribution in [0.25, 0.3) is 11.4 Å². The van der Waals surface area contributed by atoms with E-state index in [9.17, 15) is 9.90 Å². The lowest BCUT2D eigenvalue weighted by Crippen LogP contribution is -2.32. The number of aromatic nitrogens is 2. The van der Waals surface area contributed by atoms with E-state index in [1.807, 2.05) is 47.8 Å². The minimum absolute atomic E-state index is 0.0117. The van der Waals surface area contributed by atoms with Gasteiger partial charge in [0.25, 0.3) is 5.91 Å². The molecule has 0 bridgehead atoms.